The van der Waals surface area contributed by atoms with Crippen molar-refractivity contribution in [2.45, 2.75) is 6.61 Å². The topological polar surface area (TPSA) is 35.5 Å². The summed E-state index contributed by atoms with van der Waals surface area (Å²) in [5.41, 5.74) is 1.58. The van der Waals surface area contributed by atoms with Crippen molar-refractivity contribution in [3.63, 3.8) is 0 Å². The number of ether oxygens (including phenoxy) is 2. The molecule has 0 saturated carbocycles. The van der Waals surface area contributed by atoms with Crippen LogP contribution < -0.4 is 4.74 Å². The van der Waals surface area contributed by atoms with Crippen molar-refractivity contribution in [3.8, 4) is 5.75 Å². The SMILES string of the molecule is COC(=O)c1ccc(OCc2ccccc2Br)cc1. The number of carbonyl (C=O) groups excluding carboxylic acids is 1. The molecule has 19 heavy (non-hydrogen) atoms. The molecule has 0 fully saturated rings. The van der Waals surface area contributed by atoms with Crippen LogP contribution in [-0.2, 0) is 11.3 Å². The molecule has 2 aromatic rings. The number of rotatable bonds is 4. The van der Waals surface area contributed by atoms with Gasteiger partial charge in [-0.25, -0.2) is 4.79 Å². The molecule has 4 heteroatoms. The van der Waals surface area contributed by atoms with E-state index in [0.29, 0.717) is 17.9 Å². The Morgan fingerprint density at radius 2 is 1.79 bits per heavy atom. The van der Waals surface area contributed by atoms with Gasteiger partial charge in [-0.1, -0.05) is 34.1 Å². The fourth-order valence-electron chi connectivity index (χ4n) is 1.58. The average Bonchev–Trinajstić information content (AvgIpc) is 2.46. The molecule has 0 amide bonds. The fraction of sp³-hybridized carbons (Fsp3) is 0.133. The summed E-state index contributed by atoms with van der Waals surface area (Å²) < 4.78 is 11.3. The van der Waals surface area contributed by atoms with E-state index in [-0.39, 0.29) is 5.97 Å². The summed E-state index contributed by atoms with van der Waals surface area (Å²) in [5, 5.41) is 0. The van der Waals surface area contributed by atoms with Crippen LogP contribution in [0.25, 0.3) is 0 Å². The molecule has 2 aromatic carbocycles. The maximum atomic E-state index is 11.3. The summed E-state index contributed by atoms with van der Waals surface area (Å²) in [5.74, 6) is 0.362. The Morgan fingerprint density at radius 3 is 2.42 bits per heavy atom. The van der Waals surface area contributed by atoms with Gasteiger partial charge in [0.15, 0.2) is 0 Å². The summed E-state index contributed by atoms with van der Waals surface area (Å²) in [7, 11) is 1.36. The van der Waals surface area contributed by atoms with E-state index in [1.807, 2.05) is 24.3 Å². The lowest BCUT2D eigenvalue weighted by molar-refractivity contribution is 0.0600. The number of esters is 1. The highest BCUT2D eigenvalue weighted by Crippen LogP contribution is 2.19. The van der Waals surface area contributed by atoms with Crippen LogP contribution >= 0.6 is 15.9 Å². The molecule has 3 nitrogen and oxygen atoms in total. The Hall–Kier alpha value is -1.81. The summed E-state index contributed by atoms with van der Waals surface area (Å²) in [6.07, 6.45) is 0. The quantitative estimate of drug-likeness (QED) is 0.803. The smallest absolute Gasteiger partial charge is 0.337 e. The largest absolute Gasteiger partial charge is 0.489 e. The zero-order valence-corrected chi connectivity index (χ0v) is 12.0. The van der Waals surface area contributed by atoms with Crippen molar-refractivity contribution < 1.29 is 14.3 Å². The van der Waals surface area contributed by atoms with Gasteiger partial charge in [-0.3, -0.25) is 0 Å². The number of carbonyl (C=O) groups is 1. The van der Waals surface area contributed by atoms with Gasteiger partial charge in [-0.05, 0) is 30.3 Å². The van der Waals surface area contributed by atoms with Crippen LogP contribution in [0.2, 0.25) is 0 Å². The highest BCUT2D eigenvalue weighted by molar-refractivity contribution is 9.10. The molecule has 0 N–H and O–H groups in total. The molecular formula is C15H13BrO3. The highest BCUT2D eigenvalue weighted by atomic mass is 79.9. The molecule has 0 atom stereocenters. The molecule has 0 aliphatic carbocycles. The molecular weight excluding hydrogens is 308 g/mol. The number of halogens is 1. The van der Waals surface area contributed by atoms with Gasteiger partial charge in [0.05, 0.1) is 12.7 Å². The molecule has 0 spiro atoms. The molecule has 0 unspecified atom stereocenters. The average molecular weight is 321 g/mol. The molecule has 0 aliphatic rings. The van der Waals surface area contributed by atoms with Gasteiger partial charge in [0.1, 0.15) is 12.4 Å². The van der Waals surface area contributed by atoms with E-state index >= 15 is 0 Å². The van der Waals surface area contributed by atoms with Crippen molar-refractivity contribution in [1.82, 2.24) is 0 Å². The van der Waals surface area contributed by atoms with Crippen LogP contribution in [0.3, 0.4) is 0 Å². The molecule has 0 heterocycles. The third kappa shape index (κ3) is 3.58. The summed E-state index contributed by atoms with van der Waals surface area (Å²) in [6.45, 7) is 0.471. The molecule has 2 rings (SSSR count). The monoisotopic (exact) mass is 320 g/mol. The van der Waals surface area contributed by atoms with E-state index in [4.69, 9.17) is 4.74 Å². The Labute approximate surface area is 120 Å². The minimum atomic E-state index is -0.350. The Balaban J connectivity index is 2.01. The lowest BCUT2D eigenvalue weighted by Gasteiger charge is -2.08. The van der Waals surface area contributed by atoms with Crippen LogP contribution in [0, 0.1) is 0 Å². The van der Waals surface area contributed by atoms with E-state index in [1.54, 1.807) is 24.3 Å². The van der Waals surface area contributed by atoms with Crippen molar-refractivity contribution in [2.75, 3.05) is 7.11 Å². The third-order valence-corrected chi connectivity index (χ3v) is 3.40. The Bertz CT molecular complexity index is 564. The summed E-state index contributed by atoms with van der Waals surface area (Å²) in [6, 6.07) is 14.8. The first-order valence-corrected chi connectivity index (χ1v) is 6.54. The van der Waals surface area contributed by atoms with Gasteiger partial charge in [0, 0.05) is 10.0 Å². The van der Waals surface area contributed by atoms with Crippen molar-refractivity contribution in [2.24, 2.45) is 0 Å². The van der Waals surface area contributed by atoms with E-state index in [9.17, 15) is 4.79 Å². The maximum Gasteiger partial charge on any atom is 0.337 e. The molecule has 0 aromatic heterocycles. The van der Waals surface area contributed by atoms with Gasteiger partial charge in [-0.2, -0.15) is 0 Å². The lowest BCUT2D eigenvalue weighted by atomic mass is 10.2. The minimum Gasteiger partial charge on any atom is -0.489 e. The molecule has 98 valence electrons. The Morgan fingerprint density at radius 1 is 1.11 bits per heavy atom. The second-order valence-electron chi connectivity index (χ2n) is 3.90. The van der Waals surface area contributed by atoms with E-state index < -0.39 is 0 Å². The van der Waals surface area contributed by atoms with Crippen LogP contribution in [0.15, 0.2) is 53.0 Å². The van der Waals surface area contributed by atoms with Crippen molar-refractivity contribution in [3.05, 3.63) is 64.1 Å². The Kier molecular flexibility index (Phi) is 4.58. The standard InChI is InChI=1S/C15H13BrO3/c1-18-15(17)11-6-8-13(9-7-11)19-10-12-4-2-3-5-14(12)16/h2-9H,10H2,1H3. The van der Waals surface area contributed by atoms with Crippen molar-refractivity contribution >= 4 is 21.9 Å². The number of hydrogen-bond donors (Lipinski definition) is 0. The minimum absolute atomic E-state index is 0.350. The molecule has 0 saturated heterocycles. The molecule has 0 bridgehead atoms. The second kappa shape index (κ2) is 6.38. The van der Waals surface area contributed by atoms with E-state index in [1.165, 1.54) is 7.11 Å². The predicted molar refractivity (Wildman–Crippen MR) is 76.3 cm³/mol. The number of benzene rings is 2. The van der Waals surface area contributed by atoms with Gasteiger partial charge in [0.2, 0.25) is 0 Å². The van der Waals surface area contributed by atoms with E-state index in [0.717, 1.165) is 10.0 Å². The summed E-state index contributed by atoms with van der Waals surface area (Å²) in [4.78, 5) is 11.3. The number of hydrogen-bond acceptors (Lipinski definition) is 3. The highest BCUT2D eigenvalue weighted by Gasteiger charge is 2.05. The maximum absolute atomic E-state index is 11.3. The predicted octanol–water partition coefficient (Wildman–Crippen LogP) is 3.81. The second-order valence-corrected chi connectivity index (χ2v) is 4.75. The lowest BCUT2D eigenvalue weighted by Crippen LogP contribution is -2.01. The molecule has 0 aliphatic heterocycles. The molecule has 0 radical (unpaired) electrons. The zero-order valence-electron chi connectivity index (χ0n) is 10.4. The van der Waals surface area contributed by atoms with Crippen LogP contribution in [0.5, 0.6) is 5.75 Å². The van der Waals surface area contributed by atoms with Gasteiger partial charge in [-0.15, -0.1) is 0 Å². The normalized spacial score (nSPS) is 10.0. The van der Waals surface area contributed by atoms with Gasteiger partial charge in [0.25, 0.3) is 0 Å². The van der Waals surface area contributed by atoms with Crippen LogP contribution in [0.4, 0.5) is 0 Å². The first-order valence-electron chi connectivity index (χ1n) is 5.75. The number of methoxy groups -OCH3 is 1. The summed E-state index contributed by atoms with van der Waals surface area (Å²) >= 11 is 3.47. The van der Waals surface area contributed by atoms with Gasteiger partial charge >= 0.3 is 5.97 Å². The van der Waals surface area contributed by atoms with Gasteiger partial charge < -0.3 is 9.47 Å². The van der Waals surface area contributed by atoms with Crippen molar-refractivity contribution in [1.29, 1.82) is 0 Å². The van der Waals surface area contributed by atoms with Crippen LogP contribution in [0.1, 0.15) is 15.9 Å². The third-order valence-electron chi connectivity index (χ3n) is 2.63. The van der Waals surface area contributed by atoms with Crippen LogP contribution in [-0.4, -0.2) is 13.1 Å². The fourth-order valence-corrected chi connectivity index (χ4v) is 1.98. The van der Waals surface area contributed by atoms with E-state index in [2.05, 4.69) is 20.7 Å². The zero-order chi connectivity index (χ0) is 13.7. The first-order chi connectivity index (χ1) is 9.20. The first kappa shape index (κ1) is 13.6.